The lowest BCUT2D eigenvalue weighted by Crippen LogP contribution is -2.45. The minimum Gasteiger partial charge on any atom is -0.335 e. The van der Waals surface area contributed by atoms with Crippen molar-refractivity contribution in [3.63, 3.8) is 0 Å². The maximum absolute atomic E-state index is 12.8. The minimum atomic E-state index is 0. The summed E-state index contributed by atoms with van der Waals surface area (Å²) in [5.74, 6) is 0.640. The Labute approximate surface area is 131 Å². The number of nitrogens with one attached hydrogen (secondary N) is 1. The number of fused-ring (bicyclic) bond motifs is 1. The van der Waals surface area contributed by atoms with E-state index in [2.05, 4.69) is 28.6 Å². The highest BCUT2D eigenvalue weighted by Crippen LogP contribution is 2.36. The molecule has 2 aliphatic rings. The molecule has 3 rings (SSSR count). The first-order chi connectivity index (χ1) is 9.31. The molecule has 0 spiro atoms. The van der Waals surface area contributed by atoms with Crippen LogP contribution < -0.4 is 5.32 Å². The Morgan fingerprint density at radius 3 is 2.90 bits per heavy atom. The van der Waals surface area contributed by atoms with Gasteiger partial charge in [0.2, 0.25) is 5.91 Å². The molecule has 1 N–H and O–H groups in total. The Morgan fingerprint density at radius 1 is 1.45 bits per heavy atom. The standard InChI is InChI=1S/C15H22N2OS.ClH/c1-2-13-12-6-10-19-14(12)5-9-17(13)15(18)11-3-7-16-8-4-11;/h6,10-11,13,16H,2-5,7-9H2,1H3;1H. The van der Waals surface area contributed by atoms with Gasteiger partial charge < -0.3 is 10.2 Å². The van der Waals surface area contributed by atoms with Crippen molar-refractivity contribution < 1.29 is 4.79 Å². The van der Waals surface area contributed by atoms with Gasteiger partial charge in [0, 0.05) is 17.3 Å². The first-order valence-electron chi connectivity index (χ1n) is 7.38. The van der Waals surface area contributed by atoms with Crippen LogP contribution in [0.5, 0.6) is 0 Å². The Kier molecular flexibility index (Phi) is 5.47. The fourth-order valence-corrected chi connectivity index (χ4v) is 4.33. The van der Waals surface area contributed by atoms with Crippen molar-refractivity contribution in [2.45, 2.75) is 38.6 Å². The van der Waals surface area contributed by atoms with E-state index in [1.54, 1.807) is 0 Å². The molecule has 0 bridgehead atoms. The number of hydrogen-bond acceptors (Lipinski definition) is 3. The Morgan fingerprint density at radius 2 is 2.20 bits per heavy atom. The molecule has 1 amide bonds. The quantitative estimate of drug-likeness (QED) is 0.910. The summed E-state index contributed by atoms with van der Waals surface area (Å²) in [5, 5.41) is 5.51. The van der Waals surface area contributed by atoms with E-state index in [4.69, 9.17) is 0 Å². The summed E-state index contributed by atoms with van der Waals surface area (Å²) in [6.45, 7) is 5.09. The van der Waals surface area contributed by atoms with Gasteiger partial charge in [0.05, 0.1) is 6.04 Å². The van der Waals surface area contributed by atoms with Crippen LogP contribution in [0.3, 0.4) is 0 Å². The smallest absolute Gasteiger partial charge is 0.226 e. The van der Waals surface area contributed by atoms with Gasteiger partial charge in [0.25, 0.3) is 0 Å². The van der Waals surface area contributed by atoms with Crippen LogP contribution in [0.4, 0.5) is 0 Å². The van der Waals surface area contributed by atoms with Crippen LogP contribution in [0, 0.1) is 5.92 Å². The van der Waals surface area contributed by atoms with Gasteiger partial charge in [-0.2, -0.15) is 0 Å². The van der Waals surface area contributed by atoms with Gasteiger partial charge in [0.15, 0.2) is 0 Å². The molecule has 2 aliphatic heterocycles. The van der Waals surface area contributed by atoms with Crippen LogP contribution >= 0.6 is 23.7 Å². The number of halogens is 1. The molecule has 3 heterocycles. The monoisotopic (exact) mass is 314 g/mol. The predicted molar refractivity (Wildman–Crippen MR) is 85.6 cm³/mol. The number of thiophene rings is 1. The van der Waals surface area contributed by atoms with E-state index < -0.39 is 0 Å². The van der Waals surface area contributed by atoms with Crippen molar-refractivity contribution in [1.82, 2.24) is 10.2 Å². The predicted octanol–water partition coefficient (Wildman–Crippen LogP) is 3.01. The van der Waals surface area contributed by atoms with Crippen molar-refractivity contribution in [2.24, 2.45) is 5.92 Å². The molecule has 1 aromatic heterocycles. The molecule has 1 saturated heterocycles. The number of piperidine rings is 1. The molecule has 0 radical (unpaired) electrons. The number of amides is 1. The molecule has 0 aromatic carbocycles. The van der Waals surface area contributed by atoms with Crippen molar-refractivity contribution in [3.8, 4) is 0 Å². The third-order valence-corrected chi connectivity index (χ3v) is 5.45. The van der Waals surface area contributed by atoms with E-state index in [0.29, 0.717) is 11.9 Å². The SMILES string of the molecule is CCC1c2ccsc2CCN1C(=O)C1CCNCC1.Cl. The zero-order chi connectivity index (χ0) is 13.2. The molecular weight excluding hydrogens is 292 g/mol. The second kappa shape index (κ2) is 6.92. The third-order valence-electron chi connectivity index (χ3n) is 4.45. The molecule has 1 atom stereocenters. The van der Waals surface area contributed by atoms with Gasteiger partial charge in [-0.1, -0.05) is 6.92 Å². The zero-order valence-electron chi connectivity index (χ0n) is 11.9. The van der Waals surface area contributed by atoms with Gasteiger partial charge in [0.1, 0.15) is 0 Å². The number of carbonyl (C=O) groups excluding carboxylic acids is 1. The molecule has 5 heteroatoms. The second-order valence-corrected chi connectivity index (χ2v) is 6.53. The van der Waals surface area contributed by atoms with E-state index >= 15 is 0 Å². The van der Waals surface area contributed by atoms with Gasteiger partial charge >= 0.3 is 0 Å². The van der Waals surface area contributed by atoms with E-state index in [-0.39, 0.29) is 18.3 Å². The molecule has 20 heavy (non-hydrogen) atoms. The van der Waals surface area contributed by atoms with E-state index in [9.17, 15) is 4.79 Å². The number of rotatable bonds is 2. The van der Waals surface area contributed by atoms with Crippen LogP contribution in [0.25, 0.3) is 0 Å². The molecule has 0 saturated carbocycles. The lowest BCUT2D eigenvalue weighted by atomic mass is 9.92. The summed E-state index contributed by atoms with van der Waals surface area (Å²) < 4.78 is 0. The fourth-order valence-electron chi connectivity index (χ4n) is 3.40. The largest absolute Gasteiger partial charge is 0.335 e. The molecule has 112 valence electrons. The van der Waals surface area contributed by atoms with Crippen LogP contribution in [-0.2, 0) is 11.2 Å². The molecule has 1 unspecified atom stereocenters. The highest BCUT2D eigenvalue weighted by atomic mass is 35.5. The van der Waals surface area contributed by atoms with Crippen LogP contribution in [0.15, 0.2) is 11.4 Å². The summed E-state index contributed by atoms with van der Waals surface area (Å²) in [5.41, 5.74) is 1.40. The molecule has 3 nitrogen and oxygen atoms in total. The van der Waals surface area contributed by atoms with Crippen molar-refractivity contribution >= 4 is 29.7 Å². The average molecular weight is 315 g/mol. The van der Waals surface area contributed by atoms with E-state index in [1.807, 2.05) is 11.3 Å². The number of hydrogen-bond donors (Lipinski definition) is 1. The maximum Gasteiger partial charge on any atom is 0.226 e. The van der Waals surface area contributed by atoms with Gasteiger partial charge in [-0.25, -0.2) is 0 Å². The summed E-state index contributed by atoms with van der Waals surface area (Å²) in [6.07, 6.45) is 4.07. The maximum atomic E-state index is 12.8. The summed E-state index contributed by atoms with van der Waals surface area (Å²) in [6, 6.07) is 2.54. The van der Waals surface area contributed by atoms with E-state index in [0.717, 1.165) is 45.3 Å². The Bertz CT molecular complexity index is 456. The summed E-state index contributed by atoms with van der Waals surface area (Å²) in [7, 11) is 0. The number of carbonyl (C=O) groups is 1. The fraction of sp³-hybridized carbons (Fsp3) is 0.667. The first-order valence-corrected chi connectivity index (χ1v) is 8.26. The van der Waals surface area contributed by atoms with Gasteiger partial charge in [-0.05, 0) is 55.8 Å². The van der Waals surface area contributed by atoms with Gasteiger partial charge in [-0.15, -0.1) is 23.7 Å². The zero-order valence-corrected chi connectivity index (χ0v) is 13.6. The first kappa shape index (κ1) is 15.8. The van der Waals surface area contributed by atoms with Gasteiger partial charge in [-0.3, -0.25) is 4.79 Å². The van der Waals surface area contributed by atoms with Crippen LogP contribution in [0.1, 0.15) is 42.7 Å². The molecule has 0 aliphatic carbocycles. The van der Waals surface area contributed by atoms with E-state index in [1.165, 1.54) is 10.4 Å². The number of nitrogens with zero attached hydrogens (tertiary/aromatic N) is 1. The third kappa shape index (κ3) is 2.87. The Balaban J connectivity index is 0.00000147. The lowest BCUT2D eigenvalue weighted by Gasteiger charge is -2.38. The average Bonchev–Trinajstić information content (AvgIpc) is 2.94. The van der Waals surface area contributed by atoms with Crippen LogP contribution in [-0.4, -0.2) is 30.4 Å². The van der Waals surface area contributed by atoms with Crippen molar-refractivity contribution in [2.75, 3.05) is 19.6 Å². The molecule has 1 aromatic rings. The molecular formula is C15H23ClN2OS. The normalized spacial score (nSPS) is 23.1. The van der Waals surface area contributed by atoms with Crippen molar-refractivity contribution in [3.05, 3.63) is 21.9 Å². The Hall–Kier alpha value is -0.580. The summed E-state index contributed by atoms with van der Waals surface area (Å²) >= 11 is 1.85. The van der Waals surface area contributed by atoms with Crippen LogP contribution in [0.2, 0.25) is 0 Å². The molecule has 1 fully saturated rings. The second-order valence-electron chi connectivity index (χ2n) is 5.53. The van der Waals surface area contributed by atoms with Crippen molar-refractivity contribution in [1.29, 1.82) is 0 Å². The summed E-state index contributed by atoms with van der Waals surface area (Å²) in [4.78, 5) is 16.4. The topological polar surface area (TPSA) is 32.3 Å². The minimum absolute atomic E-state index is 0. The highest BCUT2D eigenvalue weighted by molar-refractivity contribution is 7.10. The lowest BCUT2D eigenvalue weighted by molar-refractivity contribution is -0.139. The highest BCUT2D eigenvalue weighted by Gasteiger charge is 2.34.